The fraction of sp³-hybridized carbons (Fsp3) is 0. The molecule has 0 bridgehead atoms. The van der Waals surface area contributed by atoms with E-state index < -0.39 is 29.0 Å². The van der Waals surface area contributed by atoms with E-state index in [9.17, 15) is 18.4 Å². The van der Waals surface area contributed by atoms with E-state index in [0.717, 1.165) is 12.1 Å². The Morgan fingerprint density at radius 1 is 0.750 bits per heavy atom. The molecule has 2 amide bonds. The molecule has 0 aromatic heterocycles. The van der Waals surface area contributed by atoms with Crippen molar-refractivity contribution in [2.24, 2.45) is 11.5 Å². The Morgan fingerprint density at radius 3 is 1.55 bits per heavy atom. The highest BCUT2D eigenvalue weighted by Gasteiger charge is 2.22. The standard InChI is InChI=1S/C14H10F2N2O2/c15-9-5-2-6-10(16)12(9)11-7(13(17)19)3-1-4-8(11)14(18)20/h1-6H,(H2,17,19)(H2,18,20). The fourth-order valence-corrected chi connectivity index (χ4v) is 1.97. The predicted molar refractivity (Wildman–Crippen MR) is 68.8 cm³/mol. The molecule has 0 atom stereocenters. The van der Waals surface area contributed by atoms with Crippen LogP contribution in [-0.2, 0) is 0 Å². The molecule has 6 heteroatoms. The second-order valence-corrected chi connectivity index (χ2v) is 4.05. The summed E-state index contributed by atoms with van der Waals surface area (Å²) in [4.78, 5) is 22.8. The van der Waals surface area contributed by atoms with Gasteiger partial charge in [0.05, 0.1) is 5.56 Å². The van der Waals surface area contributed by atoms with E-state index in [1.165, 1.54) is 24.3 Å². The first-order chi connectivity index (χ1) is 9.43. The molecule has 0 fully saturated rings. The summed E-state index contributed by atoms with van der Waals surface area (Å²) in [6, 6.07) is 7.11. The Morgan fingerprint density at radius 2 is 1.15 bits per heavy atom. The van der Waals surface area contributed by atoms with Gasteiger partial charge in [-0.05, 0) is 24.3 Å². The van der Waals surface area contributed by atoms with Crippen molar-refractivity contribution in [3.8, 4) is 11.1 Å². The Balaban J connectivity index is 2.91. The number of hydrogen-bond acceptors (Lipinski definition) is 2. The minimum atomic E-state index is -0.916. The van der Waals surface area contributed by atoms with Crippen molar-refractivity contribution < 1.29 is 18.4 Å². The molecular weight excluding hydrogens is 266 g/mol. The Bertz CT molecular complexity index is 662. The number of carbonyl (C=O) groups excluding carboxylic acids is 2. The molecule has 0 saturated heterocycles. The van der Waals surface area contributed by atoms with Crippen LogP contribution in [0.25, 0.3) is 11.1 Å². The van der Waals surface area contributed by atoms with Crippen molar-refractivity contribution in [3.05, 3.63) is 59.2 Å². The van der Waals surface area contributed by atoms with Crippen molar-refractivity contribution in [1.82, 2.24) is 0 Å². The van der Waals surface area contributed by atoms with Gasteiger partial charge in [0.1, 0.15) is 11.6 Å². The molecule has 0 spiro atoms. The van der Waals surface area contributed by atoms with Crippen LogP contribution in [0.15, 0.2) is 36.4 Å². The molecule has 0 saturated carbocycles. The molecule has 102 valence electrons. The molecule has 0 aliphatic heterocycles. The van der Waals surface area contributed by atoms with Gasteiger partial charge in [-0.2, -0.15) is 0 Å². The molecule has 4 N–H and O–H groups in total. The van der Waals surface area contributed by atoms with Crippen molar-refractivity contribution >= 4 is 11.8 Å². The van der Waals surface area contributed by atoms with Crippen molar-refractivity contribution in [3.63, 3.8) is 0 Å². The van der Waals surface area contributed by atoms with Crippen LogP contribution < -0.4 is 11.5 Å². The summed E-state index contributed by atoms with van der Waals surface area (Å²) >= 11 is 0. The summed E-state index contributed by atoms with van der Waals surface area (Å²) in [7, 11) is 0. The zero-order valence-corrected chi connectivity index (χ0v) is 10.2. The molecule has 2 aromatic carbocycles. The van der Waals surface area contributed by atoms with E-state index in [1.807, 2.05) is 0 Å². The highest BCUT2D eigenvalue weighted by Crippen LogP contribution is 2.32. The first-order valence-electron chi connectivity index (χ1n) is 5.60. The first-order valence-corrected chi connectivity index (χ1v) is 5.60. The Kier molecular flexibility index (Phi) is 3.47. The van der Waals surface area contributed by atoms with Gasteiger partial charge in [0, 0.05) is 16.7 Å². The molecule has 0 heterocycles. The normalized spacial score (nSPS) is 10.3. The molecular formula is C14H10F2N2O2. The quantitative estimate of drug-likeness (QED) is 0.896. The molecule has 2 rings (SSSR count). The number of rotatable bonds is 3. The van der Waals surface area contributed by atoms with Crippen LogP contribution in [0.4, 0.5) is 8.78 Å². The average molecular weight is 276 g/mol. The third-order valence-electron chi connectivity index (χ3n) is 2.81. The molecule has 0 aliphatic carbocycles. The molecule has 2 aromatic rings. The average Bonchev–Trinajstić information content (AvgIpc) is 2.38. The van der Waals surface area contributed by atoms with E-state index >= 15 is 0 Å². The summed E-state index contributed by atoms with van der Waals surface area (Å²) in [5.74, 6) is -3.65. The Labute approximate surface area is 113 Å². The van der Waals surface area contributed by atoms with Crippen LogP contribution in [0.1, 0.15) is 20.7 Å². The van der Waals surface area contributed by atoms with Gasteiger partial charge in [-0.1, -0.05) is 12.1 Å². The van der Waals surface area contributed by atoms with Crippen LogP contribution >= 0.6 is 0 Å². The molecule has 20 heavy (non-hydrogen) atoms. The van der Waals surface area contributed by atoms with Gasteiger partial charge < -0.3 is 11.5 Å². The number of amides is 2. The number of benzene rings is 2. The fourth-order valence-electron chi connectivity index (χ4n) is 1.97. The minimum absolute atomic E-state index is 0.176. The summed E-state index contributed by atoms with van der Waals surface area (Å²) in [6.45, 7) is 0. The van der Waals surface area contributed by atoms with E-state index in [0.29, 0.717) is 0 Å². The zero-order valence-electron chi connectivity index (χ0n) is 10.2. The second kappa shape index (κ2) is 5.08. The summed E-state index contributed by atoms with van der Waals surface area (Å²) < 4.78 is 27.8. The van der Waals surface area contributed by atoms with Gasteiger partial charge in [0.15, 0.2) is 0 Å². The van der Waals surface area contributed by atoms with Crippen molar-refractivity contribution in [2.75, 3.05) is 0 Å². The first kappa shape index (κ1) is 13.7. The maximum atomic E-state index is 13.9. The lowest BCUT2D eigenvalue weighted by Crippen LogP contribution is -2.18. The number of nitrogens with two attached hydrogens (primary N) is 2. The van der Waals surface area contributed by atoms with Crippen molar-refractivity contribution in [2.45, 2.75) is 0 Å². The monoisotopic (exact) mass is 276 g/mol. The molecule has 0 radical (unpaired) electrons. The number of hydrogen-bond donors (Lipinski definition) is 2. The topological polar surface area (TPSA) is 86.2 Å². The highest BCUT2D eigenvalue weighted by molar-refractivity contribution is 6.08. The maximum absolute atomic E-state index is 13.9. The largest absolute Gasteiger partial charge is 0.366 e. The van der Waals surface area contributed by atoms with Crippen LogP contribution in [-0.4, -0.2) is 11.8 Å². The number of halogens is 2. The smallest absolute Gasteiger partial charge is 0.249 e. The van der Waals surface area contributed by atoms with E-state index in [1.54, 1.807) is 0 Å². The number of primary amides is 2. The lowest BCUT2D eigenvalue weighted by atomic mass is 9.93. The van der Waals surface area contributed by atoms with Crippen LogP contribution in [0.3, 0.4) is 0 Å². The predicted octanol–water partition coefficient (Wildman–Crippen LogP) is 1.83. The zero-order chi connectivity index (χ0) is 14.9. The maximum Gasteiger partial charge on any atom is 0.249 e. The van der Waals surface area contributed by atoms with Crippen LogP contribution in [0, 0.1) is 11.6 Å². The third kappa shape index (κ3) is 2.23. The minimum Gasteiger partial charge on any atom is -0.366 e. The van der Waals surface area contributed by atoms with E-state index in [4.69, 9.17) is 11.5 Å². The van der Waals surface area contributed by atoms with Crippen LogP contribution in [0.2, 0.25) is 0 Å². The van der Waals surface area contributed by atoms with Gasteiger partial charge in [-0.25, -0.2) is 8.78 Å². The molecule has 0 aliphatic rings. The highest BCUT2D eigenvalue weighted by atomic mass is 19.1. The van der Waals surface area contributed by atoms with Gasteiger partial charge in [0.25, 0.3) is 0 Å². The lowest BCUT2D eigenvalue weighted by Gasteiger charge is -2.12. The van der Waals surface area contributed by atoms with Gasteiger partial charge >= 0.3 is 0 Å². The summed E-state index contributed by atoms with van der Waals surface area (Å²) in [5.41, 5.74) is 9.28. The van der Waals surface area contributed by atoms with Gasteiger partial charge in [-0.3, -0.25) is 9.59 Å². The van der Waals surface area contributed by atoms with E-state index in [2.05, 4.69) is 0 Å². The van der Waals surface area contributed by atoms with E-state index in [-0.39, 0.29) is 16.7 Å². The molecule has 4 nitrogen and oxygen atoms in total. The Hall–Kier alpha value is -2.76. The third-order valence-corrected chi connectivity index (χ3v) is 2.81. The summed E-state index contributed by atoms with van der Waals surface area (Å²) in [6.07, 6.45) is 0. The molecule has 0 unspecified atom stereocenters. The summed E-state index contributed by atoms with van der Waals surface area (Å²) in [5, 5.41) is 0. The lowest BCUT2D eigenvalue weighted by molar-refractivity contribution is 0.0999. The van der Waals surface area contributed by atoms with Gasteiger partial charge in [0.2, 0.25) is 11.8 Å². The number of carbonyl (C=O) groups is 2. The van der Waals surface area contributed by atoms with Crippen LogP contribution in [0.5, 0.6) is 0 Å². The SMILES string of the molecule is NC(=O)c1cccc(C(N)=O)c1-c1c(F)cccc1F. The second-order valence-electron chi connectivity index (χ2n) is 4.05. The van der Waals surface area contributed by atoms with Gasteiger partial charge in [-0.15, -0.1) is 0 Å². The van der Waals surface area contributed by atoms with Crippen molar-refractivity contribution in [1.29, 1.82) is 0 Å².